The van der Waals surface area contributed by atoms with Gasteiger partial charge in [-0.1, -0.05) is 29.3 Å². The molecule has 1 saturated heterocycles. The topological polar surface area (TPSA) is 60.9 Å². The van der Waals surface area contributed by atoms with Crippen LogP contribution in [0.3, 0.4) is 0 Å². The van der Waals surface area contributed by atoms with Crippen LogP contribution in [0.1, 0.15) is 17.2 Å². The Morgan fingerprint density at radius 2 is 1.76 bits per heavy atom. The Morgan fingerprint density at radius 3 is 2.34 bits per heavy atom. The Labute approximate surface area is 177 Å². The highest BCUT2D eigenvalue weighted by Gasteiger charge is 2.46. The first-order valence-electron chi connectivity index (χ1n) is 8.84. The van der Waals surface area contributed by atoms with Gasteiger partial charge >= 0.3 is 0 Å². The molecule has 1 aliphatic rings. The molecule has 2 aromatic rings. The van der Waals surface area contributed by atoms with Crippen molar-refractivity contribution in [2.75, 3.05) is 27.2 Å². The Bertz CT molecular complexity index is 990. The van der Waals surface area contributed by atoms with Gasteiger partial charge in [0, 0.05) is 18.7 Å². The van der Waals surface area contributed by atoms with E-state index in [2.05, 4.69) is 0 Å². The Balaban J connectivity index is 2.16. The number of ketones is 1. The summed E-state index contributed by atoms with van der Waals surface area (Å²) in [6.07, 6.45) is 0. The molecule has 1 heterocycles. The number of likely N-dealkylation sites (N-methyl/N-ethyl adjacent to an activating group) is 1. The Hall–Kier alpha value is -2.41. The first-order valence-corrected chi connectivity index (χ1v) is 9.60. The number of rotatable bonds is 5. The molecule has 0 radical (unpaired) electrons. The fraction of sp³-hybridized carbons (Fsp3) is 0.238. The molecule has 152 valence electrons. The van der Waals surface area contributed by atoms with Crippen molar-refractivity contribution >= 4 is 40.7 Å². The lowest BCUT2D eigenvalue weighted by Crippen LogP contribution is -2.35. The van der Waals surface area contributed by atoms with Gasteiger partial charge in [0.15, 0.2) is 0 Å². The number of likely N-dealkylation sites (tertiary alicyclic amines) is 1. The molecule has 1 atom stereocenters. The van der Waals surface area contributed by atoms with Crippen LogP contribution in [-0.4, -0.2) is 53.8 Å². The van der Waals surface area contributed by atoms with Crippen LogP contribution >= 0.6 is 23.2 Å². The lowest BCUT2D eigenvalue weighted by Gasteiger charge is -2.26. The van der Waals surface area contributed by atoms with E-state index in [9.17, 15) is 19.1 Å². The van der Waals surface area contributed by atoms with E-state index in [0.717, 1.165) is 0 Å². The Morgan fingerprint density at radius 1 is 1.10 bits per heavy atom. The number of benzene rings is 2. The quantitative estimate of drug-likeness (QED) is 0.435. The molecule has 0 aliphatic carbocycles. The van der Waals surface area contributed by atoms with Crippen molar-refractivity contribution in [2.45, 2.75) is 6.04 Å². The van der Waals surface area contributed by atoms with Crippen LogP contribution in [0, 0.1) is 5.82 Å². The summed E-state index contributed by atoms with van der Waals surface area (Å²) < 4.78 is 13.3. The van der Waals surface area contributed by atoms with Crippen molar-refractivity contribution in [3.63, 3.8) is 0 Å². The number of nitrogens with zero attached hydrogens (tertiary/aromatic N) is 2. The van der Waals surface area contributed by atoms with Crippen LogP contribution in [0.5, 0.6) is 0 Å². The molecule has 0 spiro atoms. The van der Waals surface area contributed by atoms with Crippen LogP contribution in [0.15, 0.2) is 48.0 Å². The van der Waals surface area contributed by atoms with Crippen molar-refractivity contribution in [3.05, 3.63) is 75.0 Å². The monoisotopic (exact) mass is 436 g/mol. The van der Waals surface area contributed by atoms with Gasteiger partial charge in [0.05, 0.1) is 21.7 Å². The lowest BCUT2D eigenvalue weighted by molar-refractivity contribution is -0.140. The van der Waals surface area contributed by atoms with Gasteiger partial charge in [-0.25, -0.2) is 4.39 Å². The van der Waals surface area contributed by atoms with Crippen LogP contribution in [0.2, 0.25) is 10.0 Å². The van der Waals surface area contributed by atoms with Crippen molar-refractivity contribution in [1.82, 2.24) is 9.80 Å². The van der Waals surface area contributed by atoms with Crippen LogP contribution in [0.4, 0.5) is 4.39 Å². The molecule has 2 aromatic carbocycles. The van der Waals surface area contributed by atoms with Gasteiger partial charge in [-0.05, 0) is 56.1 Å². The zero-order chi connectivity index (χ0) is 21.3. The van der Waals surface area contributed by atoms with E-state index in [4.69, 9.17) is 23.2 Å². The first-order chi connectivity index (χ1) is 13.7. The highest BCUT2D eigenvalue weighted by molar-refractivity contribution is 6.46. The molecule has 1 aliphatic heterocycles. The third-order valence-corrected chi connectivity index (χ3v) is 5.44. The third-order valence-electron chi connectivity index (χ3n) is 4.71. The summed E-state index contributed by atoms with van der Waals surface area (Å²) in [5.74, 6) is -2.37. The van der Waals surface area contributed by atoms with Crippen molar-refractivity contribution in [2.24, 2.45) is 0 Å². The number of Topliss-reactive ketones (excluding diaryl/α,β-unsaturated/α-hetero) is 1. The standard InChI is InChI=1S/C21H19Cl2FN2O3/c1-25(2)9-10-26-18(13-5-8-15(22)16(23)11-13)17(20(28)21(26)29)19(27)12-3-6-14(24)7-4-12/h3-8,11,18,27H,9-10H2,1-2H3/b19-17-. The summed E-state index contributed by atoms with van der Waals surface area (Å²) in [5.41, 5.74) is 0.710. The third kappa shape index (κ3) is 4.29. The van der Waals surface area contributed by atoms with Gasteiger partial charge < -0.3 is 14.9 Å². The maximum atomic E-state index is 13.3. The van der Waals surface area contributed by atoms with Crippen LogP contribution in [-0.2, 0) is 9.59 Å². The van der Waals surface area contributed by atoms with E-state index in [-0.39, 0.29) is 28.5 Å². The molecule has 0 saturated carbocycles. The Kier molecular flexibility index (Phi) is 6.27. The van der Waals surface area contributed by atoms with E-state index in [1.54, 1.807) is 18.2 Å². The molecule has 1 unspecified atom stereocenters. The van der Waals surface area contributed by atoms with Crippen LogP contribution in [0.25, 0.3) is 5.76 Å². The second-order valence-electron chi connectivity index (χ2n) is 6.98. The highest BCUT2D eigenvalue weighted by atomic mass is 35.5. The predicted molar refractivity (Wildman–Crippen MR) is 110 cm³/mol. The minimum absolute atomic E-state index is 0.0706. The number of carbonyl (C=O) groups excluding carboxylic acids is 2. The molecule has 5 nitrogen and oxygen atoms in total. The predicted octanol–water partition coefficient (Wildman–Crippen LogP) is 4.12. The molecule has 0 aromatic heterocycles. The first kappa shape index (κ1) is 21.3. The zero-order valence-corrected chi connectivity index (χ0v) is 17.3. The largest absolute Gasteiger partial charge is 0.507 e. The lowest BCUT2D eigenvalue weighted by atomic mass is 9.95. The minimum Gasteiger partial charge on any atom is -0.507 e. The summed E-state index contributed by atoms with van der Waals surface area (Å²) in [6, 6.07) is 9.01. The summed E-state index contributed by atoms with van der Waals surface area (Å²) in [7, 11) is 3.70. The fourth-order valence-electron chi connectivity index (χ4n) is 3.21. The zero-order valence-electron chi connectivity index (χ0n) is 15.8. The normalized spacial score (nSPS) is 18.7. The SMILES string of the molecule is CN(C)CCN1C(=O)C(=O)/C(=C(\O)c2ccc(F)cc2)C1c1ccc(Cl)c(Cl)c1. The van der Waals surface area contributed by atoms with Gasteiger partial charge in [-0.15, -0.1) is 0 Å². The van der Waals surface area contributed by atoms with E-state index in [1.165, 1.54) is 29.2 Å². The molecule has 29 heavy (non-hydrogen) atoms. The minimum atomic E-state index is -0.838. The fourth-order valence-corrected chi connectivity index (χ4v) is 3.52. The second-order valence-corrected chi connectivity index (χ2v) is 7.79. The van der Waals surface area contributed by atoms with Crippen molar-refractivity contribution < 1.29 is 19.1 Å². The summed E-state index contributed by atoms with van der Waals surface area (Å²) >= 11 is 12.2. The average molecular weight is 437 g/mol. The number of amides is 1. The van der Waals surface area contributed by atoms with Crippen LogP contribution < -0.4 is 0 Å². The maximum Gasteiger partial charge on any atom is 0.295 e. The maximum absolute atomic E-state index is 13.3. The van der Waals surface area contributed by atoms with Gasteiger partial charge in [-0.2, -0.15) is 0 Å². The molecule has 3 rings (SSSR count). The van der Waals surface area contributed by atoms with Gasteiger partial charge in [0.25, 0.3) is 11.7 Å². The number of aliphatic hydroxyl groups excluding tert-OH is 1. The van der Waals surface area contributed by atoms with Gasteiger partial charge in [0.1, 0.15) is 11.6 Å². The van der Waals surface area contributed by atoms with Crippen molar-refractivity contribution in [1.29, 1.82) is 0 Å². The number of halogens is 3. The molecule has 1 fully saturated rings. The molecule has 1 N–H and O–H groups in total. The summed E-state index contributed by atoms with van der Waals surface area (Å²) in [5, 5.41) is 11.4. The summed E-state index contributed by atoms with van der Waals surface area (Å²) in [4.78, 5) is 28.8. The van der Waals surface area contributed by atoms with Crippen molar-refractivity contribution in [3.8, 4) is 0 Å². The number of hydrogen-bond acceptors (Lipinski definition) is 4. The smallest absolute Gasteiger partial charge is 0.295 e. The van der Waals surface area contributed by atoms with E-state index in [0.29, 0.717) is 17.1 Å². The molecular weight excluding hydrogens is 418 g/mol. The average Bonchev–Trinajstić information content (AvgIpc) is 2.93. The molecule has 8 heteroatoms. The molecule has 0 bridgehead atoms. The molecular formula is C21H19Cl2FN2O3. The number of carbonyl (C=O) groups is 2. The van der Waals surface area contributed by atoms with E-state index < -0.39 is 23.5 Å². The second kappa shape index (κ2) is 8.53. The van der Waals surface area contributed by atoms with E-state index in [1.807, 2.05) is 19.0 Å². The van der Waals surface area contributed by atoms with Gasteiger partial charge in [0.2, 0.25) is 0 Å². The molecule has 1 amide bonds. The highest BCUT2D eigenvalue weighted by Crippen LogP contribution is 2.40. The van der Waals surface area contributed by atoms with E-state index >= 15 is 0 Å². The number of aliphatic hydroxyl groups is 1. The summed E-state index contributed by atoms with van der Waals surface area (Å²) in [6.45, 7) is 0.782. The van der Waals surface area contributed by atoms with Gasteiger partial charge in [-0.3, -0.25) is 9.59 Å². The number of hydrogen-bond donors (Lipinski definition) is 1.